The molecule has 2 atom stereocenters. The van der Waals surface area contributed by atoms with E-state index in [9.17, 15) is 13.2 Å². The van der Waals surface area contributed by atoms with Gasteiger partial charge >= 0.3 is 0 Å². The molecule has 25 heavy (non-hydrogen) atoms. The molecule has 6 nitrogen and oxygen atoms in total. The van der Waals surface area contributed by atoms with Crippen molar-refractivity contribution in [3.05, 3.63) is 28.8 Å². The molecule has 1 aliphatic carbocycles. The molecule has 4 N–H and O–H groups in total. The molecule has 0 spiro atoms. The van der Waals surface area contributed by atoms with Gasteiger partial charge in [-0.2, -0.15) is 4.99 Å². The number of guanidine groups is 1. The highest BCUT2D eigenvalue weighted by Gasteiger charge is 2.32. The van der Waals surface area contributed by atoms with Gasteiger partial charge in [-0.25, -0.2) is 8.42 Å². The van der Waals surface area contributed by atoms with Crippen molar-refractivity contribution in [2.24, 2.45) is 22.4 Å². The summed E-state index contributed by atoms with van der Waals surface area (Å²) >= 11 is 0. The van der Waals surface area contributed by atoms with Gasteiger partial charge in [0, 0.05) is 11.8 Å². The van der Waals surface area contributed by atoms with Gasteiger partial charge in [-0.3, -0.25) is 4.79 Å². The SMILES string of the molecule is CCCc1c(C(=O)N=C(N)N)ccc(C2CCCC2C)c1S(C)(=O)=O. The van der Waals surface area contributed by atoms with E-state index in [4.69, 9.17) is 11.5 Å². The Labute approximate surface area is 149 Å². The van der Waals surface area contributed by atoms with Crippen LogP contribution in [0.5, 0.6) is 0 Å². The number of rotatable bonds is 5. The summed E-state index contributed by atoms with van der Waals surface area (Å²) in [7, 11) is -3.49. The zero-order valence-electron chi connectivity index (χ0n) is 15.1. The molecule has 1 aromatic carbocycles. The van der Waals surface area contributed by atoms with E-state index in [1.807, 2.05) is 6.92 Å². The average molecular weight is 365 g/mol. The van der Waals surface area contributed by atoms with Gasteiger partial charge in [0.05, 0.1) is 4.90 Å². The summed E-state index contributed by atoms with van der Waals surface area (Å²) in [6, 6.07) is 3.45. The van der Waals surface area contributed by atoms with Crippen LogP contribution >= 0.6 is 0 Å². The van der Waals surface area contributed by atoms with Crippen molar-refractivity contribution in [1.82, 2.24) is 0 Å². The molecule has 2 unspecified atom stereocenters. The summed E-state index contributed by atoms with van der Waals surface area (Å²) in [5.74, 6) is -0.303. The van der Waals surface area contributed by atoms with Crippen LogP contribution in [0.3, 0.4) is 0 Å². The lowest BCUT2D eigenvalue weighted by Gasteiger charge is -2.22. The molecule has 138 valence electrons. The van der Waals surface area contributed by atoms with Crippen LogP contribution in [-0.2, 0) is 16.3 Å². The highest BCUT2D eigenvalue weighted by Crippen LogP contribution is 2.43. The number of nitrogens with two attached hydrogens (primary N) is 2. The van der Waals surface area contributed by atoms with Crippen LogP contribution in [0.15, 0.2) is 22.0 Å². The number of hydrogen-bond acceptors (Lipinski definition) is 3. The second-order valence-corrected chi connectivity index (χ2v) is 8.84. The van der Waals surface area contributed by atoms with Crippen molar-refractivity contribution in [2.45, 2.75) is 56.8 Å². The first kappa shape index (κ1) is 19.4. The van der Waals surface area contributed by atoms with Gasteiger partial charge in [-0.1, -0.05) is 39.2 Å². The predicted octanol–water partition coefficient (Wildman–Crippen LogP) is 2.36. The molecule has 2 rings (SSSR count). The monoisotopic (exact) mass is 365 g/mol. The molecule has 1 aliphatic rings. The molecule has 0 bridgehead atoms. The standard InChI is InChI=1S/C18H27N3O3S/c1-4-6-13-15(17(22)21-18(19)20)10-9-14(16(13)25(3,23)24)12-8-5-7-11(12)2/h9-12H,4-8H2,1-3H3,(H4,19,20,21,22). The molecule has 0 heterocycles. The number of amides is 1. The molecule has 0 aromatic heterocycles. The fourth-order valence-corrected chi connectivity index (χ4v) is 5.17. The van der Waals surface area contributed by atoms with Crippen LogP contribution in [0.1, 0.15) is 66.9 Å². The maximum atomic E-state index is 12.6. The predicted molar refractivity (Wildman–Crippen MR) is 99.4 cm³/mol. The van der Waals surface area contributed by atoms with Gasteiger partial charge in [-0.05, 0) is 41.9 Å². The lowest BCUT2D eigenvalue weighted by Crippen LogP contribution is -2.25. The summed E-state index contributed by atoms with van der Waals surface area (Å²) in [4.78, 5) is 16.3. The fourth-order valence-electron chi connectivity index (χ4n) is 3.86. The number of nitrogens with zero attached hydrogens (tertiary/aromatic N) is 1. The van der Waals surface area contributed by atoms with Crippen molar-refractivity contribution in [3.8, 4) is 0 Å². The van der Waals surface area contributed by atoms with Crippen LogP contribution in [0.25, 0.3) is 0 Å². The highest BCUT2D eigenvalue weighted by atomic mass is 32.2. The van der Waals surface area contributed by atoms with Crippen molar-refractivity contribution in [3.63, 3.8) is 0 Å². The second-order valence-electron chi connectivity index (χ2n) is 6.89. The van der Waals surface area contributed by atoms with E-state index >= 15 is 0 Å². The van der Waals surface area contributed by atoms with Crippen LogP contribution in [0, 0.1) is 5.92 Å². The lowest BCUT2D eigenvalue weighted by molar-refractivity contribution is 0.100. The Bertz CT molecular complexity index is 796. The number of sulfone groups is 1. The quantitative estimate of drug-likeness (QED) is 0.614. The van der Waals surface area contributed by atoms with Gasteiger partial charge in [-0.15, -0.1) is 0 Å². The van der Waals surface area contributed by atoms with Gasteiger partial charge in [0.1, 0.15) is 0 Å². The zero-order chi connectivity index (χ0) is 18.8. The number of carbonyl (C=O) groups is 1. The molecule has 7 heteroatoms. The third-order valence-corrected chi connectivity index (χ3v) is 6.11. The van der Waals surface area contributed by atoms with Crippen molar-refractivity contribution in [2.75, 3.05) is 6.26 Å². The topological polar surface area (TPSA) is 116 Å². The largest absolute Gasteiger partial charge is 0.370 e. The summed E-state index contributed by atoms with van der Waals surface area (Å²) in [5, 5.41) is 0. The van der Waals surface area contributed by atoms with Crippen molar-refractivity contribution in [1.29, 1.82) is 0 Å². The molecule has 0 saturated heterocycles. The minimum absolute atomic E-state index is 0.201. The Morgan fingerprint density at radius 3 is 2.44 bits per heavy atom. The first-order valence-corrected chi connectivity index (χ1v) is 10.6. The van der Waals surface area contributed by atoms with Crippen LogP contribution < -0.4 is 11.5 Å². The zero-order valence-corrected chi connectivity index (χ0v) is 15.9. The summed E-state index contributed by atoms with van der Waals surface area (Å²) in [5.41, 5.74) is 12.3. The number of benzene rings is 1. The van der Waals surface area contributed by atoms with E-state index in [2.05, 4.69) is 11.9 Å². The minimum atomic E-state index is -3.49. The third-order valence-electron chi connectivity index (χ3n) is 4.88. The number of carbonyl (C=O) groups excluding carboxylic acids is 1. The van der Waals surface area contributed by atoms with E-state index in [1.54, 1.807) is 12.1 Å². The van der Waals surface area contributed by atoms with E-state index in [0.29, 0.717) is 29.2 Å². The Kier molecular flexibility index (Phi) is 5.87. The number of aliphatic imine (C=N–C) groups is 1. The van der Waals surface area contributed by atoms with Crippen molar-refractivity contribution < 1.29 is 13.2 Å². The lowest BCUT2D eigenvalue weighted by atomic mass is 9.87. The molecule has 1 aromatic rings. The molecule has 1 saturated carbocycles. The summed E-state index contributed by atoms with van der Waals surface area (Å²) in [6.07, 6.45) is 5.56. The molecule has 0 aliphatic heterocycles. The van der Waals surface area contributed by atoms with Gasteiger partial charge in [0.2, 0.25) is 0 Å². The normalized spacial score (nSPS) is 20.4. The van der Waals surface area contributed by atoms with E-state index in [1.165, 1.54) is 6.26 Å². The molecule has 0 radical (unpaired) electrons. The maximum Gasteiger partial charge on any atom is 0.280 e. The molecule has 1 fully saturated rings. The Morgan fingerprint density at radius 2 is 1.96 bits per heavy atom. The van der Waals surface area contributed by atoms with E-state index in [0.717, 1.165) is 24.8 Å². The first-order chi connectivity index (χ1) is 11.7. The van der Waals surface area contributed by atoms with E-state index in [-0.39, 0.29) is 17.4 Å². The van der Waals surface area contributed by atoms with Gasteiger partial charge in [0.15, 0.2) is 15.8 Å². The van der Waals surface area contributed by atoms with E-state index < -0.39 is 15.7 Å². The smallest absolute Gasteiger partial charge is 0.280 e. The number of hydrogen-bond donors (Lipinski definition) is 2. The molecular formula is C18H27N3O3S. The maximum absolute atomic E-state index is 12.6. The second kappa shape index (κ2) is 7.56. The average Bonchev–Trinajstić information content (AvgIpc) is 2.91. The van der Waals surface area contributed by atoms with Gasteiger partial charge < -0.3 is 11.5 Å². The third kappa shape index (κ3) is 4.21. The summed E-state index contributed by atoms with van der Waals surface area (Å²) in [6.45, 7) is 4.10. The van der Waals surface area contributed by atoms with Crippen LogP contribution in [-0.4, -0.2) is 26.5 Å². The van der Waals surface area contributed by atoms with Crippen LogP contribution in [0.2, 0.25) is 0 Å². The van der Waals surface area contributed by atoms with Crippen molar-refractivity contribution >= 4 is 21.7 Å². The Balaban J connectivity index is 2.74. The Morgan fingerprint density at radius 1 is 1.28 bits per heavy atom. The van der Waals surface area contributed by atoms with Gasteiger partial charge in [0.25, 0.3) is 5.91 Å². The summed E-state index contributed by atoms with van der Waals surface area (Å²) < 4.78 is 25.2. The first-order valence-electron chi connectivity index (χ1n) is 8.66. The highest BCUT2D eigenvalue weighted by molar-refractivity contribution is 7.90. The van der Waals surface area contributed by atoms with Crippen LogP contribution in [0.4, 0.5) is 0 Å². The Hall–Kier alpha value is -1.89. The minimum Gasteiger partial charge on any atom is -0.370 e. The fraction of sp³-hybridized carbons (Fsp3) is 0.556. The molecular weight excluding hydrogens is 338 g/mol. The molecule has 1 amide bonds.